The first-order chi connectivity index (χ1) is 8.59. The summed E-state index contributed by atoms with van der Waals surface area (Å²) in [5.74, 6) is 0.900. The van der Waals surface area contributed by atoms with E-state index in [4.69, 9.17) is 22.1 Å². The van der Waals surface area contributed by atoms with Gasteiger partial charge in [0.15, 0.2) is 0 Å². The molecule has 0 radical (unpaired) electrons. The maximum Gasteiger partial charge on any atom is 0.125 e. The Morgan fingerprint density at radius 2 is 1.67 bits per heavy atom. The molecule has 0 aliphatic rings. The van der Waals surface area contributed by atoms with Gasteiger partial charge in [0.25, 0.3) is 0 Å². The molecule has 94 valence electrons. The zero-order valence-electron chi connectivity index (χ0n) is 10.5. The van der Waals surface area contributed by atoms with Crippen LogP contribution in [-0.4, -0.2) is 0 Å². The molecule has 0 saturated carbocycles. The molecule has 2 N–H and O–H groups in total. The van der Waals surface area contributed by atoms with Crippen molar-refractivity contribution in [3.63, 3.8) is 0 Å². The monoisotopic (exact) mass is 261 g/mol. The van der Waals surface area contributed by atoms with Crippen LogP contribution in [0.1, 0.15) is 16.7 Å². The van der Waals surface area contributed by atoms with E-state index in [0.717, 1.165) is 22.4 Å². The minimum atomic E-state index is 0.386. The van der Waals surface area contributed by atoms with Crippen LogP contribution in [0.25, 0.3) is 0 Å². The zero-order chi connectivity index (χ0) is 13.1. The van der Waals surface area contributed by atoms with Gasteiger partial charge < -0.3 is 10.5 Å². The highest BCUT2D eigenvalue weighted by Gasteiger charge is 2.08. The van der Waals surface area contributed by atoms with E-state index in [1.165, 1.54) is 0 Å². The number of halogens is 1. The van der Waals surface area contributed by atoms with Gasteiger partial charge in [0.05, 0.1) is 0 Å². The van der Waals surface area contributed by atoms with Gasteiger partial charge in [-0.1, -0.05) is 35.9 Å². The maximum absolute atomic E-state index is 6.12. The summed E-state index contributed by atoms with van der Waals surface area (Å²) in [6.07, 6.45) is 0. The first kappa shape index (κ1) is 12.8. The van der Waals surface area contributed by atoms with Crippen molar-refractivity contribution in [1.29, 1.82) is 0 Å². The molecule has 0 aromatic heterocycles. The highest BCUT2D eigenvalue weighted by Crippen LogP contribution is 2.27. The Morgan fingerprint density at radius 1 is 1.06 bits per heavy atom. The number of nitrogens with two attached hydrogens (primary N) is 1. The van der Waals surface area contributed by atoms with Crippen molar-refractivity contribution in [3.05, 3.63) is 58.1 Å². The second-order valence-electron chi connectivity index (χ2n) is 4.32. The summed E-state index contributed by atoms with van der Waals surface area (Å²) < 4.78 is 5.85. The van der Waals surface area contributed by atoms with Crippen LogP contribution >= 0.6 is 11.6 Å². The van der Waals surface area contributed by atoms with Crippen LogP contribution in [0.4, 0.5) is 5.69 Å². The summed E-state index contributed by atoms with van der Waals surface area (Å²) in [4.78, 5) is 0. The summed E-state index contributed by atoms with van der Waals surface area (Å²) in [7, 11) is 0. The summed E-state index contributed by atoms with van der Waals surface area (Å²) >= 11 is 6.12. The number of aryl methyl sites for hydroxylation is 2. The van der Waals surface area contributed by atoms with E-state index in [9.17, 15) is 0 Å². The average Bonchev–Trinajstić information content (AvgIpc) is 2.31. The molecule has 0 fully saturated rings. The normalized spacial score (nSPS) is 10.4. The summed E-state index contributed by atoms with van der Waals surface area (Å²) in [5, 5.41) is 0.640. The number of hydrogen-bond acceptors (Lipinski definition) is 2. The van der Waals surface area contributed by atoms with Crippen molar-refractivity contribution in [2.75, 3.05) is 5.73 Å². The van der Waals surface area contributed by atoms with Crippen molar-refractivity contribution >= 4 is 17.3 Å². The molecule has 0 spiro atoms. The van der Waals surface area contributed by atoms with Gasteiger partial charge in [-0.25, -0.2) is 0 Å². The maximum atomic E-state index is 6.12. The Hall–Kier alpha value is -1.67. The van der Waals surface area contributed by atoms with Crippen LogP contribution in [0.5, 0.6) is 5.75 Å². The summed E-state index contributed by atoms with van der Waals surface area (Å²) in [5.41, 5.74) is 9.62. The lowest BCUT2D eigenvalue weighted by molar-refractivity contribution is 0.302. The Kier molecular flexibility index (Phi) is 3.78. The minimum Gasteiger partial charge on any atom is -0.488 e. The molecule has 2 aromatic carbocycles. The van der Waals surface area contributed by atoms with Crippen LogP contribution in [-0.2, 0) is 6.61 Å². The number of benzene rings is 2. The highest BCUT2D eigenvalue weighted by atomic mass is 35.5. The molecular formula is C15H16ClNO. The number of nitrogen functional groups attached to an aromatic ring is 1. The zero-order valence-corrected chi connectivity index (χ0v) is 11.3. The molecule has 0 amide bonds. The third-order valence-electron chi connectivity index (χ3n) is 2.92. The molecule has 0 saturated heterocycles. The predicted octanol–water partition coefficient (Wildman–Crippen LogP) is 4.12. The number of para-hydroxylation sites is 1. The molecule has 0 aliphatic heterocycles. The molecule has 0 unspecified atom stereocenters. The summed E-state index contributed by atoms with van der Waals surface area (Å²) in [6.45, 7) is 4.44. The lowest BCUT2D eigenvalue weighted by atomic mass is 10.1. The average molecular weight is 262 g/mol. The van der Waals surface area contributed by atoms with Crippen LogP contribution in [0, 0.1) is 13.8 Å². The van der Waals surface area contributed by atoms with Crippen molar-refractivity contribution in [2.24, 2.45) is 0 Å². The van der Waals surface area contributed by atoms with Crippen LogP contribution in [0.15, 0.2) is 36.4 Å². The van der Waals surface area contributed by atoms with Crippen molar-refractivity contribution in [2.45, 2.75) is 20.5 Å². The molecule has 2 aromatic rings. The van der Waals surface area contributed by atoms with Crippen molar-refractivity contribution in [3.8, 4) is 5.75 Å². The molecule has 2 rings (SSSR count). The largest absolute Gasteiger partial charge is 0.488 e. The molecule has 3 heteroatoms. The molecule has 0 atom stereocenters. The van der Waals surface area contributed by atoms with Gasteiger partial charge >= 0.3 is 0 Å². The second kappa shape index (κ2) is 5.32. The van der Waals surface area contributed by atoms with Gasteiger partial charge in [0.1, 0.15) is 12.4 Å². The van der Waals surface area contributed by atoms with Gasteiger partial charge in [-0.15, -0.1) is 0 Å². The van der Waals surface area contributed by atoms with Gasteiger partial charge in [0.2, 0.25) is 0 Å². The van der Waals surface area contributed by atoms with Crippen LogP contribution < -0.4 is 10.5 Å². The van der Waals surface area contributed by atoms with E-state index < -0.39 is 0 Å². The van der Waals surface area contributed by atoms with Gasteiger partial charge in [-0.3, -0.25) is 0 Å². The minimum absolute atomic E-state index is 0.386. The highest BCUT2D eigenvalue weighted by molar-refractivity contribution is 6.31. The van der Waals surface area contributed by atoms with Gasteiger partial charge in [0, 0.05) is 16.3 Å². The number of rotatable bonds is 3. The number of anilines is 1. The van der Waals surface area contributed by atoms with E-state index >= 15 is 0 Å². The van der Waals surface area contributed by atoms with Crippen LogP contribution in [0.3, 0.4) is 0 Å². The quantitative estimate of drug-likeness (QED) is 0.844. The smallest absolute Gasteiger partial charge is 0.125 e. The second-order valence-corrected chi connectivity index (χ2v) is 4.72. The Morgan fingerprint density at radius 3 is 2.28 bits per heavy atom. The first-order valence-corrected chi connectivity index (χ1v) is 6.19. The van der Waals surface area contributed by atoms with Crippen molar-refractivity contribution in [1.82, 2.24) is 0 Å². The molecule has 0 heterocycles. The molecular weight excluding hydrogens is 246 g/mol. The Bertz CT molecular complexity index is 474. The van der Waals surface area contributed by atoms with Crippen LogP contribution in [0.2, 0.25) is 5.02 Å². The Balaban J connectivity index is 2.22. The fraction of sp³-hybridized carbons (Fsp3) is 0.200. The molecule has 2 nitrogen and oxygen atoms in total. The van der Waals surface area contributed by atoms with Gasteiger partial charge in [-0.05, 0) is 37.1 Å². The standard InChI is InChI=1S/C15H16ClNO/c1-10-5-3-6-11(2)15(10)18-9-12-13(16)7-4-8-14(12)17/h3-8H,9,17H2,1-2H3. The van der Waals surface area contributed by atoms with E-state index in [-0.39, 0.29) is 0 Å². The SMILES string of the molecule is Cc1cccc(C)c1OCc1c(N)cccc1Cl. The fourth-order valence-corrected chi connectivity index (χ4v) is 2.14. The lowest BCUT2D eigenvalue weighted by Gasteiger charge is -2.14. The number of ether oxygens (including phenoxy) is 1. The molecule has 0 aliphatic carbocycles. The third-order valence-corrected chi connectivity index (χ3v) is 3.28. The third kappa shape index (κ3) is 2.59. The molecule has 0 bridgehead atoms. The van der Waals surface area contributed by atoms with E-state index in [1.807, 2.05) is 50.2 Å². The van der Waals surface area contributed by atoms with Gasteiger partial charge in [-0.2, -0.15) is 0 Å². The topological polar surface area (TPSA) is 35.2 Å². The fourth-order valence-electron chi connectivity index (χ4n) is 1.90. The van der Waals surface area contributed by atoms with E-state index in [1.54, 1.807) is 0 Å². The summed E-state index contributed by atoms with van der Waals surface area (Å²) in [6, 6.07) is 11.6. The molecule has 18 heavy (non-hydrogen) atoms. The van der Waals surface area contributed by atoms with E-state index in [2.05, 4.69) is 0 Å². The Labute approximate surface area is 112 Å². The predicted molar refractivity (Wildman–Crippen MR) is 76.1 cm³/mol. The van der Waals surface area contributed by atoms with Crippen molar-refractivity contribution < 1.29 is 4.74 Å². The lowest BCUT2D eigenvalue weighted by Crippen LogP contribution is -2.03. The van der Waals surface area contributed by atoms with E-state index in [0.29, 0.717) is 17.3 Å². The first-order valence-electron chi connectivity index (χ1n) is 5.81. The number of hydrogen-bond donors (Lipinski definition) is 1.